The lowest BCUT2D eigenvalue weighted by atomic mass is 9.87. The Morgan fingerprint density at radius 2 is 1.24 bits per heavy atom. The first-order valence-electron chi connectivity index (χ1n) is 11.3. The summed E-state index contributed by atoms with van der Waals surface area (Å²) in [6, 6.07) is 36.1. The summed E-state index contributed by atoms with van der Waals surface area (Å²) in [5.41, 5.74) is 5.16. The van der Waals surface area contributed by atoms with Crippen molar-refractivity contribution in [3.05, 3.63) is 137 Å². The molecule has 0 aliphatic carbocycles. The molecule has 0 unspecified atom stereocenters. The van der Waals surface area contributed by atoms with Gasteiger partial charge in [0.1, 0.15) is 12.4 Å². The van der Waals surface area contributed by atoms with Crippen LogP contribution in [0.25, 0.3) is 0 Å². The van der Waals surface area contributed by atoms with E-state index in [1.165, 1.54) is 0 Å². The second-order valence-electron chi connectivity index (χ2n) is 8.15. The van der Waals surface area contributed by atoms with Crippen LogP contribution < -0.4 is 4.74 Å². The SMILES string of the molecule is O=C(Cl)C[C@H](c1ccccc1)c1cc(COCc2ccccc2)ccc1OCc1ccccc1. The first kappa shape index (κ1) is 23.7. The van der Waals surface area contributed by atoms with Crippen molar-refractivity contribution >= 4 is 16.8 Å². The molecular formula is C30H27ClO3. The molecular weight excluding hydrogens is 444 g/mol. The fraction of sp³-hybridized carbons (Fsp3) is 0.167. The van der Waals surface area contributed by atoms with Crippen molar-refractivity contribution in [1.29, 1.82) is 0 Å². The summed E-state index contributed by atoms with van der Waals surface area (Å²) >= 11 is 5.88. The molecule has 0 heterocycles. The van der Waals surface area contributed by atoms with E-state index in [1.807, 2.05) is 103 Å². The van der Waals surface area contributed by atoms with Gasteiger partial charge in [0.25, 0.3) is 0 Å². The number of benzene rings is 4. The summed E-state index contributed by atoms with van der Waals surface area (Å²) in [4.78, 5) is 12.0. The van der Waals surface area contributed by atoms with E-state index in [0.29, 0.717) is 19.8 Å². The fourth-order valence-corrected chi connectivity index (χ4v) is 4.10. The van der Waals surface area contributed by atoms with Gasteiger partial charge in [-0.2, -0.15) is 0 Å². The lowest BCUT2D eigenvalue weighted by Crippen LogP contribution is -2.09. The van der Waals surface area contributed by atoms with E-state index in [9.17, 15) is 4.79 Å². The van der Waals surface area contributed by atoms with E-state index in [1.54, 1.807) is 0 Å². The van der Waals surface area contributed by atoms with Crippen LogP contribution in [0.1, 0.15) is 40.2 Å². The zero-order valence-electron chi connectivity index (χ0n) is 18.9. The topological polar surface area (TPSA) is 35.5 Å². The van der Waals surface area contributed by atoms with Crippen molar-refractivity contribution in [3.8, 4) is 5.75 Å². The van der Waals surface area contributed by atoms with Crippen LogP contribution in [0.3, 0.4) is 0 Å². The number of hydrogen-bond acceptors (Lipinski definition) is 3. The fourth-order valence-electron chi connectivity index (χ4n) is 3.94. The van der Waals surface area contributed by atoms with Gasteiger partial charge in [0, 0.05) is 17.9 Å². The van der Waals surface area contributed by atoms with E-state index in [4.69, 9.17) is 21.1 Å². The first-order chi connectivity index (χ1) is 16.7. The molecule has 0 radical (unpaired) electrons. The summed E-state index contributed by atoms with van der Waals surface area (Å²) in [5, 5.41) is -0.381. The summed E-state index contributed by atoms with van der Waals surface area (Å²) in [6.45, 7) is 1.43. The smallest absolute Gasteiger partial charge is 0.222 e. The highest BCUT2D eigenvalue weighted by molar-refractivity contribution is 6.63. The third kappa shape index (κ3) is 6.80. The standard InChI is InChI=1S/C30H27ClO3/c31-30(32)19-27(26-14-8-3-9-15-26)28-18-25(21-33-20-23-10-4-1-5-11-23)16-17-29(28)34-22-24-12-6-2-7-13-24/h1-18,27H,19-22H2/t27-/m1/s1. The Bertz CT molecular complexity index is 1180. The van der Waals surface area contributed by atoms with Crippen LogP contribution in [0, 0.1) is 0 Å². The van der Waals surface area contributed by atoms with Gasteiger partial charge in [-0.05, 0) is 46.0 Å². The zero-order chi connectivity index (χ0) is 23.6. The van der Waals surface area contributed by atoms with E-state index in [-0.39, 0.29) is 17.6 Å². The molecule has 1 atom stereocenters. The van der Waals surface area contributed by atoms with Crippen molar-refractivity contribution in [2.45, 2.75) is 32.2 Å². The molecule has 0 aliphatic heterocycles. The minimum atomic E-state index is -0.381. The maximum absolute atomic E-state index is 12.0. The van der Waals surface area contributed by atoms with E-state index in [0.717, 1.165) is 33.6 Å². The second-order valence-corrected chi connectivity index (χ2v) is 8.57. The van der Waals surface area contributed by atoms with Gasteiger partial charge in [0.2, 0.25) is 5.24 Å². The van der Waals surface area contributed by atoms with Crippen LogP contribution in [0.4, 0.5) is 0 Å². The van der Waals surface area contributed by atoms with Gasteiger partial charge in [-0.15, -0.1) is 0 Å². The van der Waals surface area contributed by atoms with Gasteiger partial charge in [0.15, 0.2) is 0 Å². The highest BCUT2D eigenvalue weighted by atomic mass is 35.5. The van der Waals surface area contributed by atoms with Crippen molar-refractivity contribution in [2.24, 2.45) is 0 Å². The molecule has 4 rings (SSSR count). The Morgan fingerprint density at radius 3 is 1.85 bits per heavy atom. The molecule has 4 aromatic rings. The first-order valence-corrected chi connectivity index (χ1v) is 11.7. The molecule has 4 heteroatoms. The maximum Gasteiger partial charge on any atom is 0.222 e. The minimum absolute atomic E-state index is 0.182. The van der Waals surface area contributed by atoms with Gasteiger partial charge in [-0.1, -0.05) is 97.1 Å². The molecule has 34 heavy (non-hydrogen) atoms. The molecule has 0 bridgehead atoms. The zero-order valence-corrected chi connectivity index (χ0v) is 19.7. The maximum atomic E-state index is 12.0. The number of carbonyl (C=O) groups is 1. The molecule has 4 aromatic carbocycles. The second kappa shape index (κ2) is 12.2. The van der Waals surface area contributed by atoms with Crippen molar-refractivity contribution in [3.63, 3.8) is 0 Å². The quantitative estimate of drug-likeness (QED) is 0.216. The monoisotopic (exact) mass is 470 g/mol. The van der Waals surface area contributed by atoms with Crippen LogP contribution >= 0.6 is 11.6 Å². The highest BCUT2D eigenvalue weighted by Crippen LogP contribution is 2.36. The minimum Gasteiger partial charge on any atom is -0.489 e. The molecule has 172 valence electrons. The van der Waals surface area contributed by atoms with Gasteiger partial charge in [-0.25, -0.2) is 0 Å². The van der Waals surface area contributed by atoms with E-state index >= 15 is 0 Å². The van der Waals surface area contributed by atoms with Crippen molar-refractivity contribution in [1.82, 2.24) is 0 Å². The van der Waals surface area contributed by atoms with E-state index < -0.39 is 0 Å². The van der Waals surface area contributed by atoms with Gasteiger partial charge in [-0.3, -0.25) is 4.79 Å². The van der Waals surface area contributed by atoms with Crippen LogP contribution in [0.2, 0.25) is 0 Å². The Labute approximate surface area is 205 Å². The normalized spacial score (nSPS) is 11.7. The van der Waals surface area contributed by atoms with Gasteiger partial charge < -0.3 is 9.47 Å². The number of carbonyl (C=O) groups excluding carboxylic acids is 1. The number of rotatable bonds is 11. The number of halogens is 1. The number of ether oxygens (including phenoxy) is 2. The summed E-state index contributed by atoms with van der Waals surface area (Å²) in [7, 11) is 0. The number of hydrogen-bond donors (Lipinski definition) is 0. The molecule has 0 aliphatic rings. The molecule has 0 saturated heterocycles. The molecule has 0 fully saturated rings. The molecule has 0 saturated carbocycles. The Morgan fingerprint density at radius 1 is 0.676 bits per heavy atom. The highest BCUT2D eigenvalue weighted by Gasteiger charge is 2.22. The molecule has 0 N–H and O–H groups in total. The molecule has 0 aromatic heterocycles. The average molecular weight is 471 g/mol. The van der Waals surface area contributed by atoms with Crippen molar-refractivity contribution < 1.29 is 14.3 Å². The lowest BCUT2D eigenvalue weighted by molar-refractivity contribution is -0.111. The van der Waals surface area contributed by atoms with Crippen LogP contribution in [0.15, 0.2) is 109 Å². The Kier molecular flexibility index (Phi) is 8.50. The van der Waals surface area contributed by atoms with Crippen LogP contribution in [-0.2, 0) is 29.4 Å². The summed E-state index contributed by atoms with van der Waals surface area (Å²) in [5.74, 6) is 0.522. The van der Waals surface area contributed by atoms with Gasteiger partial charge >= 0.3 is 0 Å². The lowest BCUT2D eigenvalue weighted by Gasteiger charge is -2.21. The van der Waals surface area contributed by atoms with Crippen molar-refractivity contribution in [2.75, 3.05) is 0 Å². The third-order valence-corrected chi connectivity index (χ3v) is 5.79. The average Bonchev–Trinajstić information content (AvgIpc) is 2.88. The molecule has 3 nitrogen and oxygen atoms in total. The summed E-state index contributed by atoms with van der Waals surface area (Å²) in [6.07, 6.45) is 0.182. The van der Waals surface area contributed by atoms with Crippen LogP contribution in [0.5, 0.6) is 5.75 Å². The molecule has 0 amide bonds. The predicted octanol–water partition coefficient (Wildman–Crippen LogP) is 7.27. The largest absolute Gasteiger partial charge is 0.489 e. The molecule has 0 spiro atoms. The Hall–Kier alpha value is -3.40. The third-order valence-electron chi connectivity index (χ3n) is 5.63. The van der Waals surface area contributed by atoms with Gasteiger partial charge in [0.05, 0.1) is 13.2 Å². The van der Waals surface area contributed by atoms with Crippen LogP contribution in [-0.4, -0.2) is 5.24 Å². The summed E-state index contributed by atoms with van der Waals surface area (Å²) < 4.78 is 12.2. The predicted molar refractivity (Wildman–Crippen MR) is 136 cm³/mol. The van der Waals surface area contributed by atoms with E-state index in [2.05, 4.69) is 6.07 Å². The Balaban J connectivity index is 1.60.